The molecule has 0 aromatic heterocycles. The maximum absolute atomic E-state index is 12.6. The Morgan fingerprint density at radius 2 is 1.81 bits per heavy atom. The number of carbonyl (C=O) groups is 3. The number of aliphatic imine (C=N–C) groups is 1. The molecule has 42 heavy (non-hydrogen) atoms. The van der Waals surface area contributed by atoms with Crippen LogP contribution in [0.5, 0.6) is 5.75 Å². The summed E-state index contributed by atoms with van der Waals surface area (Å²) in [6.07, 6.45) is 2.67. The van der Waals surface area contributed by atoms with E-state index in [1.165, 1.54) is 0 Å². The molecule has 0 atom stereocenters. The Morgan fingerprint density at radius 1 is 1.12 bits per heavy atom. The third-order valence-corrected chi connectivity index (χ3v) is 6.64. The summed E-state index contributed by atoms with van der Waals surface area (Å²) in [6, 6.07) is 13.0. The molecule has 1 aliphatic rings. The van der Waals surface area contributed by atoms with Crippen LogP contribution in [-0.4, -0.2) is 93.8 Å². The van der Waals surface area contributed by atoms with E-state index >= 15 is 0 Å². The smallest absolute Gasteiger partial charge is 0.216 e. The van der Waals surface area contributed by atoms with Gasteiger partial charge in [-0.05, 0) is 68.8 Å². The molecule has 3 amide bonds. The summed E-state index contributed by atoms with van der Waals surface area (Å²) in [6.45, 7) is 7.69. The predicted molar refractivity (Wildman–Crippen MR) is 158 cm³/mol. The molecule has 0 unspecified atom stereocenters. The number of halogens is 2. The summed E-state index contributed by atoms with van der Waals surface area (Å²) in [5.74, 6) is 0.836. The zero-order valence-corrected chi connectivity index (χ0v) is 24.3. The zero-order valence-electron chi connectivity index (χ0n) is 24.3. The minimum Gasteiger partial charge on any atom is -0.485 e. The molecule has 12 heteroatoms. The van der Waals surface area contributed by atoms with Crippen LogP contribution in [0.4, 0.5) is 14.5 Å². The molecule has 228 valence electrons. The van der Waals surface area contributed by atoms with E-state index in [1.54, 1.807) is 35.2 Å². The second-order valence-corrected chi connectivity index (χ2v) is 9.55. The minimum absolute atomic E-state index is 0.194. The summed E-state index contributed by atoms with van der Waals surface area (Å²) in [7, 11) is 2.04. The Bertz CT molecular complexity index is 1180. The SMILES string of the molecule is C=N/C(=N\OCC)c1cccc(CN(C=O)C=O)c1.Cc1cc(OC(CF)CF)ccc1N(C)C1CCN(C=O)CC1. The highest BCUT2D eigenvalue weighted by molar-refractivity contribution is 6.01. The van der Waals surface area contributed by atoms with Gasteiger partial charge in [0.1, 0.15) is 25.7 Å². The van der Waals surface area contributed by atoms with Gasteiger partial charge in [0.15, 0.2) is 11.9 Å². The second-order valence-electron chi connectivity index (χ2n) is 9.55. The van der Waals surface area contributed by atoms with Crippen molar-refractivity contribution < 1.29 is 32.7 Å². The van der Waals surface area contributed by atoms with Crippen molar-refractivity contribution in [3.63, 3.8) is 0 Å². The lowest BCUT2D eigenvalue weighted by atomic mass is 10.0. The Hall–Kier alpha value is -4.35. The number of amides is 3. The number of ether oxygens (including phenoxy) is 1. The van der Waals surface area contributed by atoms with E-state index in [4.69, 9.17) is 9.57 Å². The highest BCUT2D eigenvalue weighted by Gasteiger charge is 2.23. The number of anilines is 1. The third kappa shape index (κ3) is 10.2. The number of oxime groups is 1. The van der Waals surface area contributed by atoms with Crippen molar-refractivity contribution in [3.8, 4) is 5.75 Å². The Morgan fingerprint density at radius 3 is 2.36 bits per heavy atom. The first-order valence-corrected chi connectivity index (χ1v) is 13.6. The summed E-state index contributed by atoms with van der Waals surface area (Å²) >= 11 is 0. The lowest BCUT2D eigenvalue weighted by Crippen LogP contribution is -2.43. The molecule has 3 rings (SSSR count). The fourth-order valence-corrected chi connectivity index (χ4v) is 4.39. The molecule has 10 nitrogen and oxygen atoms in total. The van der Waals surface area contributed by atoms with Crippen LogP contribution in [0.3, 0.4) is 0 Å². The number of rotatable bonds is 14. The Kier molecular flexibility index (Phi) is 14.6. The van der Waals surface area contributed by atoms with Gasteiger partial charge in [-0.2, -0.15) is 0 Å². The van der Waals surface area contributed by atoms with E-state index in [9.17, 15) is 23.2 Å². The molecule has 1 saturated heterocycles. The van der Waals surface area contributed by atoms with Crippen molar-refractivity contribution in [3.05, 3.63) is 59.2 Å². The van der Waals surface area contributed by atoms with Crippen LogP contribution in [-0.2, 0) is 25.8 Å². The van der Waals surface area contributed by atoms with Crippen molar-refractivity contribution in [1.29, 1.82) is 0 Å². The van der Waals surface area contributed by atoms with Crippen LogP contribution in [0.1, 0.15) is 36.5 Å². The standard InChI is InChI=1S/C17H24F2N2O2.C13H15N3O3/c1-13-9-15(23-16(10-18)11-19)3-4-17(13)20(2)14-5-7-21(12-22)8-6-14;1-3-19-15-13(14-2)12-6-4-5-11(7-12)8-16(9-17)10-18/h3-4,9,12,14,16H,5-8,10-11H2,1-2H3;4-7,9-10H,2-3,8H2,1H3/b;15-13-. The van der Waals surface area contributed by atoms with Crippen LogP contribution < -0.4 is 9.64 Å². The largest absolute Gasteiger partial charge is 0.485 e. The van der Waals surface area contributed by atoms with Crippen molar-refractivity contribution in [2.45, 2.75) is 45.4 Å². The lowest BCUT2D eigenvalue weighted by molar-refractivity contribution is -0.130. The van der Waals surface area contributed by atoms with Crippen molar-refractivity contribution >= 4 is 37.5 Å². The van der Waals surface area contributed by atoms with E-state index in [1.807, 2.05) is 33.0 Å². The number of imide groups is 1. The number of piperidine rings is 1. The van der Waals surface area contributed by atoms with Crippen LogP contribution in [0.25, 0.3) is 0 Å². The third-order valence-electron chi connectivity index (χ3n) is 6.64. The van der Waals surface area contributed by atoms with Gasteiger partial charge < -0.3 is 19.4 Å². The quantitative estimate of drug-likeness (QED) is 0.144. The van der Waals surface area contributed by atoms with E-state index in [0.717, 1.165) is 54.1 Å². The first-order chi connectivity index (χ1) is 20.3. The number of benzene rings is 2. The second kappa shape index (κ2) is 18.2. The normalized spacial score (nSPS) is 13.5. The van der Waals surface area contributed by atoms with Gasteiger partial charge in [-0.15, -0.1) is 0 Å². The van der Waals surface area contributed by atoms with Gasteiger partial charge in [0.05, 0.1) is 6.54 Å². The fraction of sp³-hybridized carbons (Fsp3) is 0.433. The number of nitrogens with zero attached hydrogens (tertiary/aromatic N) is 5. The highest BCUT2D eigenvalue weighted by Crippen LogP contribution is 2.28. The topological polar surface area (TPSA) is 104 Å². The summed E-state index contributed by atoms with van der Waals surface area (Å²) in [5.41, 5.74) is 3.56. The molecule has 1 aliphatic heterocycles. The molecule has 0 saturated carbocycles. The Balaban J connectivity index is 0.000000299. The van der Waals surface area contributed by atoms with Gasteiger partial charge in [-0.25, -0.2) is 13.8 Å². The van der Waals surface area contributed by atoms with Crippen LogP contribution in [0.2, 0.25) is 0 Å². The maximum Gasteiger partial charge on any atom is 0.216 e. The molecule has 0 bridgehead atoms. The summed E-state index contributed by atoms with van der Waals surface area (Å²) in [4.78, 5) is 45.7. The maximum atomic E-state index is 12.6. The summed E-state index contributed by atoms with van der Waals surface area (Å²) < 4.78 is 30.4. The van der Waals surface area contributed by atoms with Crippen molar-refractivity contribution in [2.75, 3.05) is 45.0 Å². The molecule has 0 radical (unpaired) electrons. The molecule has 1 fully saturated rings. The van der Waals surface area contributed by atoms with Crippen LogP contribution >= 0.6 is 0 Å². The predicted octanol–water partition coefficient (Wildman–Crippen LogP) is 3.94. The number of likely N-dealkylation sites (tertiary alicyclic amines) is 1. The minimum atomic E-state index is -1.04. The van der Waals surface area contributed by atoms with Crippen molar-refractivity contribution in [1.82, 2.24) is 9.80 Å². The number of aryl methyl sites for hydroxylation is 1. The molecule has 0 N–H and O–H groups in total. The number of hydrogen-bond acceptors (Lipinski definition) is 7. The summed E-state index contributed by atoms with van der Waals surface area (Å²) in [5, 5.41) is 3.83. The lowest BCUT2D eigenvalue weighted by Gasteiger charge is -2.37. The monoisotopic (exact) mass is 587 g/mol. The van der Waals surface area contributed by atoms with Gasteiger partial charge in [0.25, 0.3) is 0 Å². The molecule has 1 heterocycles. The molecule has 0 aliphatic carbocycles. The number of carbonyl (C=O) groups excluding carboxylic acids is 3. The highest BCUT2D eigenvalue weighted by atomic mass is 19.1. The average Bonchev–Trinajstić information content (AvgIpc) is 3.03. The zero-order chi connectivity index (χ0) is 30.9. The van der Waals surface area contributed by atoms with Crippen molar-refractivity contribution in [2.24, 2.45) is 10.1 Å². The first kappa shape index (κ1) is 33.9. The molecular formula is C30H39F2N5O5. The van der Waals surface area contributed by atoms with Gasteiger partial charge in [0, 0.05) is 37.4 Å². The van der Waals surface area contributed by atoms with E-state index in [2.05, 4.69) is 21.8 Å². The number of alkyl halides is 2. The molecular weight excluding hydrogens is 548 g/mol. The molecule has 2 aromatic carbocycles. The van der Waals surface area contributed by atoms with Gasteiger partial charge in [0.2, 0.25) is 19.2 Å². The van der Waals surface area contributed by atoms with Gasteiger partial charge in [-0.3, -0.25) is 19.3 Å². The molecule has 2 aromatic rings. The van der Waals surface area contributed by atoms with E-state index in [0.29, 0.717) is 42.6 Å². The van der Waals surface area contributed by atoms with E-state index < -0.39 is 19.5 Å². The number of amidine groups is 1. The first-order valence-electron chi connectivity index (χ1n) is 13.6. The Labute approximate surface area is 245 Å². The van der Waals surface area contributed by atoms with Crippen LogP contribution in [0, 0.1) is 6.92 Å². The average molecular weight is 588 g/mol. The molecule has 0 spiro atoms. The van der Waals surface area contributed by atoms with Gasteiger partial charge >= 0.3 is 0 Å². The van der Waals surface area contributed by atoms with E-state index in [-0.39, 0.29) is 6.54 Å². The fourth-order valence-electron chi connectivity index (χ4n) is 4.39. The van der Waals surface area contributed by atoms with Crippen LogP contribution in [0.15, 0.2) is 52.6 Å². The van der Waals surface area contributed by atoms with Gasteiger partial charge in [-0.1, -0.05) is 23.4 Å². The number of hydrogen-bond donors (Lipinski definition) is 0.